The number of carbonyl (C=O) groups is 1. The zero-order valence-corrected chi connectivity index (χ0v) is 10.9. The number of ether oxygens (including phenoxy) is 1. The van der Waals surface area contributed by atoms with Crippen LogP contribution in [0.5, 0.6) is 0 Å². The summed E-state index contributed by atoms with van der Waals surface area (Å²) in [6, 6.07) is 0.462. The van der Waals surface area contributed by atoms with E-state index >= 15 is 0 Å². The van der Waals surface area contributed by atoms with Crippen molar-refractivity contribution in [3.63, 3.8) is 0 Å². The van der Waals surface area contributed by atoms with Crippen LogP contribution in [0.15, 0.2) is 0 Å². The second kappa shape index (κ2) is 5.36. The van der Waals surface area contributed by atoms with E-state index in [9.17, 15) is 4.79 Å². The molecule has 4 atom stereocenters. The molecule has 98 valence electrons. The fourth-order valence-corrected chi connectivity index (χ4v) is 3.13. The van der Waals surface area contributed by atoms with E-state index in [1.54, 1.807) is 0 Å². The summed E-state index contributed by atoms with van der Waals surface area (Å²) in [5.41, 5.74) is 5.95. The van der Waals surface area contributed by atoms with Crippen LogP contribution in [0.1, 0.15) is 39.0 Å². The van der Waals surface area contributed by atoms with E-state index in [4.69, 9.17) is 10.5 Å². The van der Waals surface area contributed by atoms with Gasteiger partial charge in [0, 0.05) is 25.6 Å². The lowest BCUT2D eigenvalue weighted by molar-refractivity contribution is -0.138. The maximum atomic E-state index is 12.4. The number of likely N-dealkylation sites (N-methyl/N-ethyl adjacent to an activating group) is 1. The molecule has 4 unspecified atom stereocenters. The van der Waals surface area contributed by atoms with Gasteiger partial charge in [0.15, 0.2) is 0 Å². The maximum Gasteiger partial charge on any atom is 0.225 e. The lowest BCUT2D eigenvalue weighted by Gasteiger charge is -2.33. The van der Waals surface area contributed by atoms with E-state index in [0.717, 1.165) is 38.7 Å². The van der Waals surface area contributed by atoms with Gasteiger partial charge in [-0.1, -0.05) is 6.42 Å². The summed E-state index contributed by atoms with van der Waals surface area (Å²) >= 11 is 0. The van der Waals surface area contributed by atoms with Crippen LogP contribution in [-0.4, -0.2) is 42.6 Å². The van der Waals surface area contributed by atoms with Gasteiger partial charge in [-0.15, -0.1) is 0 Å². The van der Waals surface area contributed by atoms with Crippen LogP contribution < -0.4 is 5.73 Å². The molecule has 17 heavy (non-hydrogen) atoms. The molecule has 4 heteroatoms. The van der Waals surface area contributed by atoms with Crippen molar-refractivity contribution in [2.45, 2.75) is 57.2 Å². The van der Waals surface area contributed by atoms with Crippen LogP contribution in [0, 0.1) is 5.92 Å². The molecule has 4 nitrogen and oxygen atoms in total. The monoisotopic (exact) mass is 240 g/mol. The molecular formula is C13H24N2O2. The van der Waals surface area contributed by atoms with Gasteiger partial charge in [-0.25, -0.2) is 0 Å². The van der Waals surface area contributed by atoms with Crippen molar-refractivity contribution in [1.29, 1.82) is 0 Å². The van der Waals surface area contributed by atoms with Crippen LogP contribution >= 0.6 is 0 Å². The Hall–Kier alpha value is -0.610. The number of amides is 1. The highest BCUT2D eigenvalue weighted by molar-refractivity contribution is 5.79. The number of carbonyl (C=O) groups excluding carboxylic acids is 1. The van der Waals surface area contributed by atoms with Gasteiger partial charge in [-0.3, -0.25) is 4.79 Å². The van der Waals surface area contributed by atoms with Gasteiger partial charge >= 0.3 is 0 Å². The minimum Gasteiger partial charge on any atom is -0.376 e. The van der Waals surface area contributed by atoms with E-state index in [1.807, 2.05) is 18.9 Å². The fraction of sp³-hybridized carbons (Fsp3) is 0.923. The summed E-state index contributed by atoms with van der Waals surface area (Å²) in [5, 5.41) is 0. The van der Waals surface area contributed by atoms with Crippen LogP contribution in [0.3, 0.4) is 0 Å². The van der Waals surface area contributed by atoms with Crippen molar-refractivity contribution in [2.75, 3.05) is 13.7 Å². The van der Waals surface area contributed by atoms with Crippen molar-refractivity contribution in [2.24, 2.45) is 11.7 Å². The molecule has 1 heterocycles. The van der Waals surface area contributed by atoms with E-state index in [0.29, 0.717) is 0 Å². The third-order valence-corrected chi connectivity index (χ3v) is 4.25. The maximum absolute atomic E-state index is 12.4. The Kier molecular flexibility index (Phi) is 4.05. The molecule has 1 aliphatic heterocycles. The standard InChI is InChI=1S/C13H24N2O2/c1-9-12(6-7-17-9)15(2)13(16)10-4-3-5-11(14)8-10/h9-12H,3-8,14H2,1-2H3. The molecule has 0 aromatic heterocycles. The second-order valence-corrected chi connectivity index (χ2v) is 5.50. The smallest absolute Gasteiger partial charge is 0.225 e. The molecule has 0 aromatic carbocycles. The first-order valence-corrected chi connectivity index (χ1v) is 6.73. The van der Waals surface area contributed by atoms with Gasteiger partial charge in [0.1, 0.15) is 0 Å². The molecule has 1 aliphatic carbocycles. The number of hydrogen-bond donors (Lipinski definition) is 1. The minimum absolute atomic E-state index is 0.136. The number of nitrogens with two attached hydrogens (primary N) is 1. The average molecular weight is 240 g/mol. The van der Waals surface area contributed by atoms with Crippen molar-refractivity contribution >= 4 is 5.91 Å². The Morgan fingerprint density at radius 2 is 2.12 bits per heavy atom. The average Bonchev–Trinajstić information content (AvgIpc) is 2.73. The predicted molar refractivity (Wildman–Crippen MR) is 66.5 cm³/mol. The van der Waals surface area contributed by atoms with E-state index in [2.05, 4.69) is 0 Å². The fourth-order valence-electron chi connectivity index (χ4n) is 3.13. The van der Waals surface area contributed by atoms with Crippen LogP contribution in [0.2, 0.25) is 0 Å². The Morgan fingerprint density at radius 1 is 1.35 bits per heavy atom. The molecule has 0 spiro atoms. The third-order valence-electron chi connectivity index (χ3n) is 4.25. The Labute approximate surface area is 103 Å². The molecule has 1 saturated heterocycles. The van der Waals surface area contributed by atoms with Gasteiger partial charge in [0.25, 0.3) is 0 Å². The molecule has 0 bridgehead atoms. The highest BCUT2D eigenvalue weighted by Crippen LogP contribution is 2.27. The first kappa shape index (κ1) is 12.8. The molecule has 2 rings (SSSR count). The zero-order chi connectivity index (χ0) is 12.4. The molecular weight excluding hydrogens is 216 g/mol. The molecule has 2 N–H and O–H groups in total. The topological polar surface area (TPSA) is 55.6 Å². The van der Waals surface area contributed by atoms with Crippen molar-refractivity contribution in [1.82, 2.24) is 4.90 Å². The van der Waals surface area contributed by atoms with Crippen LogP contribution in [0.4, 0.5) is 0 Å². The summed E-state index contributed by atoms with van der Waals surface area (Å²) in [5.74, 6) is 0.402. The van der Waals surface area contributed by atoms with Crippen LogP contribution in [0.25, 0.3) is 0 Å². The largest absolute Gasteiger partial charge is 0.376 e. The molecule has 1 amide bonds. The highest BCUT2D eigenvalue weighted by atomic mass is 16.5. The van der Waals surface area contributed by atoms with E-state index in [-0.39, 0.29) is 30.0 Å². The van der Waals surface area contributed by atoms with E-state index < -0.39 is 0 Å². The Morgan fingerprint density at radius 3 is 2.71 bits per heavy atom. The summed E-state index contributed by atoms with van der Waals surface area (Å²) in [6.07, 6.45) is 5.13. The summed E-state index contributed by atoms with van der Waals surface area (Å²) in [7, 11) is 1.91. The van der Waals surface area contributed by atoms with Crippen molar-refractivity contribution in [3.8, 4) is 0 Å². The first-order valence-electron chi connectivity index (χ1n) is 6.73. The van der Waals surface area contributed by atoms with Gasteiger partial charge in [0.05, 0.1) is 12.1 Å². The third kappa shape index (κ3) is 2.80. The summed E-state index contributed by atoms with van der Waals surface area (Å²) < 4.78 is 5.53. The van der Waals surface area contributed by atoms with Crippen molar-refractivity contribution in [3.05, 3.63) is 0 Å². The number of hydrogen-bond acceptors (Lipinski definition) is 3. The first-order chi connectivity index (χ1) is 8.09. The molecule has 2 fully saturated rings. The second-order valence-electron chi connectivity index (χ2n) is 5.50. The van der Waals surface area contributed by atoms with Gasteiger partial charge in [-0.2, -0.15) is 0 Å². The summed E-state index contributed by atoms with van der Waals surface area (Å²) in [6.45, 7) is 2.82. The van der Waals surface area contributed by atoms with E-state index in [1.165, 1.54) is 0 Å². The van der Waals surface area contributed by atoms with Gasteiger partial charge < -0.3 is 15.4 Å². The molecule has 2 aliphatic rings. The normalized spacial score (nSPS) is 38.1. The lowest BCUT2D eigenvalue weighted by Crippen LogP contribution is -2.46. The van der Waals surface area contributed by atoms with Gasteiger partial charge in [-0.05, 0) is 32.6 Å². The number of rotatable bonds is 2. The molecule has 0 radical (unpaired) electrons. The number of nitrogens with zero attached hydrogens (tertiary/aromatic N) is 1. The Bertz CT molecular complexity index is 283. The molecule has 1 saturated carbocycles. The lowest BCUT2D eigenvalue weighted by atomic mass is 9.85. The van der Waals surface area contributed by atoms with Crippen LogP contribution in [-0.2, 0) is 9.53 Å². The van der Waals surface area contributed by atoms with Crippen molar-refractivity contribution < 1.29 is 9.53 Å². The quantitative estimate of drug-likeness (QED) is 0.787. The Balaban J connectivity index is 1.94. The minimum atomic E-state index is 0.136. The SMILES string of the molecule is CC1OCCC1N(C)C(=O)C1CCCC(N)C1. The highest BCUT2D eigenvalue weighted by Gasteiger charge is 2.34. The van der Waals surface area contributed by atoms with Gasteiger partial charge in [0.2, 0.25) is 5.91 Å². The predicted octanol–water partition coefficient (Wildman–Crippen LogP) is 1.14. The zero-order valence-electron chi connectivity index (χ0n) is 10.9. The summed E-state index contributed by atoms with van der Waals surface area (Å²) in [4.78, 5) is 14.3. The molecule has 0 aromatic rings.